The first-order valence-corrected chi connectivity index (χ1v) is 27.1. The summed E-state index contributed by atoms with van der Waals surface area (Å²) < 4.78 is 0. The van der Waals surface area contributed by atoms with Crippen LogP contribution in [-0.2, 0) is 29.1 Å². The minimum atomic E-state index is -1.08. The summed E-state index contributed by atoms with van der Waals surface area (Å²) in [7, 11) is 0. The average molecular weight is 1130 g/mol. The van der Waals surface area contributed by atoms with E-state index in [2.05, 4.69) is 109 Å². The number of allylic oxidation sites excluding steroid dienone is 10. The van der Waals surface area contributed by atoms with E-state index in [4.69, 9.17) is 20.0 Å². The predicted octanol–water partition coefficient (Wildman–Crippen LogP) is 9.39. The topological polar surface area (TPSA) is 180 Å². The first-order chi connectivity index (χ1) is 37.7. The van der Waals surface area contributed by atoms with Gasteiger partial charge in [-0.05, 0) is 183 Å². The van der Waals surface area contributed by atoms with Crippen LogP contribution in [-0.4, -0.2) is 67.1 Å². The van der Waals surface area contributed by atoms with Gasteiger partial charge in [-0.15, -0.1) is 0 Å². The van der Waals surface area contributed by atoms with Gasteiger partial charge in [0.2, 0.25) is 0 Å². The van der Waals surface area contributed by atoms with Gasteiger partial charge in [0, 0.05) is 63.4 Å². The second kappa shape index (κ2) is 21.5. The number of aromatic nitrogens is 2. The number of aromatic amines is 2. The monoisotopic (exact) mass is 1130 g/mol. The number of H-pyrrole nitrogens is 2. The Morgan fingerprint density at radius 3 is 1.25 bits per heavy atom. The molecule has 13 heteroatoms. The molecule has 0 amide bonds. The molecule has 12 rings (SSSR count). The Morgan fingerprint density at radius 1 is 0.506 bits per heavy atom. The SMILES string of the molecule is CCC1=C(C)C2=NC/1=C\C1NC(=C(C)C1(CC)C(=O)O)/C=C1/C=CC(=N1)/C(c1ccccc1)=c1/cc/c([nH]1)=C/2.CCC1=C(C)C2=NC/1=C\C1NC(=C(C)C1(CC)C(=O)O)/C=C1/C=CC(=N1)/C(c1ccccc1)=c1/cc/c([nH]1)=C/2.[Ru]. The Kier molecular flexibility index (Phi) is 14.7. The third kappa shape index (κ3) is 9.27. The zero-order valence-electron chi connectivity index (χ0n) is 45.7. The number of benzene rings is 2. The number of nitrogens with zero attached hydrogens (tertiary/aromatic N) is 4. The number of fused-ring (bicyclic) bond motifs is 12. The molecule has 0 saturated carbocycles. The summed E-state index contributed by atoms with van der Waals surface area (Å²) in [5.74, 6) is -1.67. The fourth-order valence-electron chi connectivity index (χ4n) is 12.5. The molecule has 16 bridgehead atoms. The van der Waals surface area contributed by atoms with Gasteiger partial charge in [-0.3, -0.25) is 9.59 Å². The van der Waals surface area contributed by atoms with Crippen molar-refractivity contribution in [3.8, 4) is 0 Å². The van der Waals surface area contributed by atoms with Gasteiger partial charge in [0.15, 0.2) is 0 Å². The number of hydrogen-bond acceptors (Lipinski definition) is 8. The standard InChI is InChI=1S/2C33H32N4O2.Ru/c2*1-5-24-19(3)27-16-22-12-14-25(34-22)31(21-10-8-7-9-11-21)26-15-13-23(35-26)17-28-20(4)33(6-2,32(38)39)30(37-28)18-29(24)36-27;/h2*7-18,30,34,37H,5-6H2,1-4H3,(H,38,39);/b2*22-16-,23-17-,29-18-,31-25-;. The smallest absolute Gasteiger partial charge is 0.316 e. The molecule has 0 fully saturated rings. The van der Waals surface area contributed by atoms with Crippen molar-refractivity contribution in [3.63, 3.8) is 0 Å². The number of carboxylic acid groups (broad SMARTS) is 2. The van der Waals surface area contributed by atoms with Crippen molar-refractivity contribution in [1.29, 1.82) is 0 Å². The summed E-state index contributed by atoms with van der Waals surface area (Å²) in [4.78, 5) is 52.9. The van der Waals surface area contributed by atoms with Crippen molar-refractivity contribution in [2.45, 2.75) is 93.2 Å². The largest absolute Gasteiger partial charge is 0.481 e. The van der Waals surface area contributed by atoms with E-state index in [1.807, 2.05) is 113 Å². The Hall–Kier alpha value is -8.28. The van der Waals surface area contributed by atoms with Crippen LogP contribution in [0.25, 0.3) is 23.3 Å². The average Bonchev–Trinajstić information content (AvgIpc) is 4.48. The van der Waals surface area contributed by atoms with Gasteiger partial charge in [0.05, 0.1) is 57.7 Å². The van der Waals surface area contributed by atoms with Gasteiger partial charge in [-0.25, -0.2) is 20.0 Å². The fourth-order valence-corrected chi connectivity index (χ4v) is 12.5. The summed E-state index contributed by atoms with van der Waals surface area (Å²) in [5.41, 5.74) is 16.4. The van der Waals surface area contributed by atoms with Crippen molar-refractivity contribution >= 4 is 58.1 Å². The zero-order valence-corrected chi connectivity index (χ0v) is 47.4. The molecule has 400 valence electrons. The maximum Gasteiger partial charge on any atom is 0.316 e. The number of carboxylic acids is 2. The van der Waals surface area contributed by atoms with Crippen LogP contribution in [0.15, 0.2) is 221 Å². The van der Waals surface area contributed by atoms with Crippen LogP contribution in [0, 0.1) is 10.8 Å². The molecule has 8 aliphatic heterocycles. The molecule has 79 heavy (non-hydrogen) atoms. The second-order valence-corrected chi connectivity index (χ2v) is 20.8. The van der Waals surface area contributed by atoms with Crippen molar-refractivity contribution < 1.29 is 39.3 Å². The van der Waals surface area contributed by atoms with E-state index < -0.39 is 34.9 Å². The third-order valence-corrected chi connectivity index (χ3v) is 16.9. The first-order valence-electron chi connectivity index (χ1n) is 27.1. The van der Waals surface area contributed by atoms with Crippen LogP contribution >= 0.6 is 0 Å². The summed E-state index contributed by atoms with van der Waals surface area (Å²) in [6.45, 7) is 16.2. The maximum absolute atomic E-state index is 12.9. The van der Waals surface area contributed by atoms with Gasteiger partial charge < -0.3 is 30.8 Å². The van der Waals surface area contributed by atoms with Gasteiger partial charge >= 0.3 is 11.9 Å². The molecule has 0 spiro atoms. The number of rotatable bonds is 8. The van der Waals surface area contributed by atoms with E-state index in [9.17, 15) is 19.8 Å². The van der Waals surface area contributed by atoms with Crippen molar-refractivity contribution in [2.24, 2.45) is 30.8 Å². The third-order valence-electron chi connectivity index (χ3n) is 16.9. The normalized spacial score (nSPS) is 28.4. The summed E-state index contributed by atoms with van der Waals surface area (Å²) in [6, 6.07) is 27.9. The Morgan fingerprint density at radius 2 is 0.899 bits per heavy atom. The molecule has 6 N–H and O–H groups in total. The molecule has 2 aromatic carbocycles. The van der Waals surface area contributed by atoms with Crippen molar-refractivity contribution in [2.75, 3.05) is 0 Å². The Labute approximate surface area is 473 Å². The quantitative estimate of drug-likeness (QED) is 0.0958. The molecule has 10 heterocycles. The second-order valence-electron chi connectivity index (χ2n) is 20.8. The molecule has 0 saturated heterocycles. The predicted molar refractivity (Wildman–Crippen MR) is 313 cm³/mol. The van der Waals surface area contributed by atoms with E-state index in [0.717, 1.165) is 147 Å². The van der Waals surface area contributed by atoms with E-state index in [1.165, 1.54) is 0 Å². The summed E-state index contributed by atoms with van der Waals surface area (Å²) >= 11 is 0. The zero-order chi connectivity index (χ0) is 54.6. The number of nitrogens with one attached hydrogen (secondary N) is 4. The molecular formula is C66H64N8O4Ru. The molecule has 2 aromatic heterocycles. The number of aliphatic imine (C=N–C) groups is 4. The molecular weight excluding hydrogens is 1070 g/mol. The summed E-state index contributed by atoms with van der Waals surface area (Å²) in [5, 5.41) is 32.0. The minimum Gasteiger partial charge on any atom is -0.481 e. The number of carbonyl (C=O) groups is 2. The maximum atomic E-state index is 12.9. The minimum absolute atomic E-state index is 0. The van der Waals surface area contributed by atoms with Crippen LogP contribution in [0.1, 0.15) is 92.2 Å². The van der Waals surface area contributed by atoms with Crippen LogP contribution < -0.4 is 32.0 Å². The van der Waals surface area contributed by atoms with Crippen molar-refractivity contribution in [3.05, 3.63) is 234 Å². The molecule has 4 aromatic rings. The van der Waals surface area contributed by atoms with E-state index >= 15 is 0 Å². The van der Waals surface area contributed by atoms with Crippen molar-refractivity contribution in [1.82, 2.24) is 20.6 Å². The van der Waals surface area contributed by atoms with Gasteiger partial charge in [-0.2, -0.15) is 0 Å². The van der Waals surface area contributed by atoms with Gasteiger partial charge in [0.1, 0.15) is 10.8 Å². The van der Waals surface area contributed by atoms with E-state index in [0.29, 0.717) is 12.8 Å². The first kappa shape index (κ1) is 54.1. The van der Waals surface area contributed by atoms with Crippen LogP contribution in [0.2, 0.25) is 0 Å². The van der Waals surface area contributed by atoms with Gasteiger partial charge in [0.25, 0.3) is 0 Å². The van der Waals surface area contributed by atoms with Crippen LogP contribution in [0.4, 0.5) is 0 Å². The number of aliphatic carboxylic acids is 2. The van der Waals surface area contributed by atoms with E-state index in [-0.39, 0.29) is 19.5 Å². The van der Waals surface area contributed by atoms with Gasteiger partial charge in [-0.1, -0.05) is 88.4 Å². The molecule has 4 atom stereocenters. The Balaban J connectivity index is 0.000000176. The molecule has 4 unspecified atom stereocenters. The van der Waals surface area contributed by atoms with Crippen LogP contribution in [0.5, 0.6) is 0 Å². The molecule has 12 nitrogen and oxygen atoms in total. The Bertz CT molecular complexity index is 3750. The summed E-state index contributed by atoms with van der Waals surface area (Å²) in [6.07, 6.45) is 22.7. The van der Waals surface area contributed by atoms with Crippen LogP contribution in [0.3, 0.4) is 0 Å². The number of hydrogen-bond donors (Lipinski definition) is 6. The van der Waals surface area contributed by atoms with E-state index in [1.54, 1.807) is 0 Å². The molecule has 8 aliphatic rings. The molecule has 0 aliphatic carbocycles. The molecule has 0 radical (unpaired) electrons. The fraction of sp³-hybridized carbons (Fsp3) is 0.242.